The fourth-order valence-corrected chi connectivity index (χ4v) is 4.59. The molecule has 0 saturated carbocycles. The number of hydrogen-bond donors (Lipinski definition) is 2. The Bertz CT molecular complexity index is 1250. The number of hydrogen-bond acceptors (Lipinski definition) is 5. The number of imidazole rings is 1. The zero-order valence-corrected chi connectivity index (χ0v) is 17.5. The lowest BCUT2D eigenvalue weighted by atomic mass is 10.3. The van der Waals surface area contributed by atoms with Gasteiger partial charge >= 0.3 is 0 Å². The molecular formula is C20H23N5O3S. The highest BCUT2D eigenvalue weighted by Gasteiger charge is 2.21. The van der Waals surface area contributed by atoms with Crippen molar-refractivity contribution in [3.63, 3.8) is 0 Å². The van der Waals surface area contributed by atoms with Crippen molar-refractivity contribution < 1.29 is 12.8 Å². The molecule has 0 spiro atoms. The second-order valence-corrected chi connectivity index (χ2v) is 9.17. The van der Waals surface area contributed by atoms with Gasteiger partial charge in [0.2, 0.25) is 10.0 Å². The molecule has 8 nitrogen and oxygen atoms in total. The van der Waals surface area contributed by atoms with Gasteiger partial charge in [0.05, 0.1) is 15.9 Å². The number of nitrogens with zero attached hydrogens (tertiary/aromatic N) is 3. The fraction of sp³-hybridized carbons (Fsp3) is 0.300. The lowest BCUT2D eigenvalue weighted by molar-refractivity contribution is 0.565. The molecule has 0 aliphatic heterocycles. The monoisotopic (exact) mass is 413 g/mol. The standard InChI is InChI=1S/C20H23N5O3S/c1-12(2)24-29(26,27)14-5-6-17-16(11-14)22-20(25(17)13(3)4)19-8-7-18(28-19)15-9-10-21-23-15/h5-13,24H,1-4H3,(H,21,23). The lowest BCUT2D eigenvalue weighted by Crippen LogP contribution is -2.30. The maximum absolute atomic E-state index is 12.5. The van der Waals surface area contributed by atoms with E-state index in [-0.39, 0.29) is 17.0 Å². The molecule has 9 heteroatoms. The molecule has 4 aromatic rings. The van der Waals surface area contributed by atoms with Crippen LogP contribution in [-0.4, -0.2) is 34.2 Å². The van der Waals surface area contributed by atoms with E-state index in [1.54, 1.807) is 38.2 Å². The van der Waals surface area contributed by atoms with Gasteiger partial charge in [0.1, 0.15) is 5.69 Å². The van der Waals surface area contributed by atoms with Gasteiger partial charge in [-0.3, -0.25) is 5.10 Å². The zero-order chi connectivity index (χ0) is 20.8. The molecule has 0 atom stereocenters. The summed E-state index contributed by atoms with van der Waals surface area (Å²) in [6, 6.07) is 10.4. The number of sulfonamides is 1. The van der Waals surface area contributed by atoms with E-state index < -0.39 is 10.0 Å². The summed E-state index contributed by atoms with van der Waals surface area (Å²) in [7, 11) is -3.60. The van der Waals surface area contributed by atoms with E-state index >= 15 is 0 Å². The second kappa shape index (κ2) is 7.16. The minimum Gasteiger partial charge on any atom is -0.451 e. The Morgan fingerprint density at radius 2 is 1.83 bits per heavy atom. The van der Waals surface area contributed by atoms with Gasteiger partial charge < -0.3 is 8.98 Å². The molecule has 1 aromatic carbocycles. The van der Waals surface area contributed by atoms with E-state index in [0.717, 1.165) is 11.2 Å². The van der Waals surface area contributed by atoms with Crippen LogP contribution in [0.3, 0.4) is 0 Å². The summed E-state index contributed by atoms with van der Waals surface area (Å²) in [5.41, 5.74) is 2.22. The predicted molar refractivity (Wildman–Crippen MR) is 111 cm³/mol. The second-order valence-electron chi connectivity index (χ2n) is 7.46. The first kappa shape index (κ1) is 19.4. The number of furan rings is 1. The van der Waals surface area contributed by atoms with Crippen LogP contribution in [0.15, 0.2) is 51.9 Å². The highest BCUT2D eigenvalue weighted by molar-refractivity contribution is 7.89. The number of rotatable bonds is 6. The molecule has 0 aliphatic rings. The number of H-pyrrole nitrogens is 1. The fourth-order valence-electron chi connectivity index (χ4n) is 3.32. The van der Waals surface area contributed by atoms with Gasteiger partial charge in [0, 0.05) is 18.3 Å². The predicted octanol–water partition coefficient (Wildman–Crippen LogP) is 3.95. The van der Waals surface area contributed by atoms with Gasteiger partial charge in [-0.15, -0.1) is 0 Å². The number of benzene rings is 1. The molecule has 0 bridgehead atoms. The minimum absolute atomic E-state index is 0.104. The SMILES string of the molecule is CC(C)NS(=O)(=O)c1ccc2c(c1)nc(-c1ccc(-c3ccn[nH]3)o1)n2C(C)C. The minimum atomic E-state index is -3.60. The van der Waals surface area contributed by atoms with Crippen LogP contribution < -0.4 is 4.72 Å². The third-order valence-electron chi connectivity index (χ3n) is 4.47. The molecule has 0 aliphatic carbocycles. The van der Waals surface area contributed by atoms with E-state index in [1.165, 1.54) is 0 Å². The third kappa shape index (κ3) is 3.58. The van der Waals surface area contributed by atoms with Gasteiger partial charge in [-0.1, -0.05) is 0 Å². The number of nitrogens with one attached hydrogen (secondary N) is 2. The smallest absolute Gasteiger partial charge is 0.240 e. The number of aromatic nitrogens is 4. The van der Waals surface area contributed by atoms with E-state index in [4.69, 9.17) is 9.40 Å². The van der Waals surface area contributed by atoms with Gasteiger partial charge in [-0.05, 0) is 64.1 Å². The Morgan fingerprint density at radius 3 is 2.48 bits per heavy atom. The van der Waals surface area contributed by atoms with Crippen molar-refractivity contribution in [1.82, 2.24) is 24.5 Å². The van der Waals surface area contributed by atoms with Crippen LogP contribution in [0.5, 0.6) is 0 Å². The first-order valence-electron chi connectivity index (χ1n) is 9.40. The number of fused-ring (bicyclic) bond motifs is 1. The quantitative estimate of drug-likeness (QED) is 0.498. The van der Waals surface area contributed by atoms with Crippen molar-refractivity contribution in [2.45, 2.75) is 44.7 Å². The van der Waals surface area contributed by atoms with E-state index in [9.17, 15) is 8.42 Å². The Morgan fingerprint density at radius 1 is 1.07 bits per heavy atom. The van der Waals surface area contributed by atoms with Crippen LogP contribution >= 0.6 is 0 Å². The maximum Gasteiger partial charge on any atom is 0.240 e. The van der Waals surface area contributed by atoms with Crippen LogP contribution in [0.4, 0.5) is 0 Å². The molecule has 3 aromatic heterocycles. The Hall–Kier alpha value is -2.91. The largest absolute Gasteiger partial charge is 0.451 e. The Kier molecular flexibility index (Phi) is 4.79. The summed E-state index contributed by atoms with van der Waals surface area (Å²) in [6.45, 7) is 7.67. The van der Waals surface area contributed by atoms with Crippen LogP contribution in [0, 0.1) is 0 Å². The van der Waals surface area contributed by atoms with Gasteiger partial charge in [0.15, 0.2) is 17.3 Å². The molecule has 0 saturated heterocycles. The van der Waals surface area contributed by atoms with Crippen LogP contribution in [0.2, 0.25) is 0 Å². The van der Waals surface area contributed by atoms with E-state index in [1.807, 2.05) is 36.6 Å². The average Bonchev–Trinajstić information content (AvgIpc) is 3.37. The molecule has 0 radical (unpaired) electrons. The van der Waals surface area contributed by atoms with Crippen molar-refractivity contribution in [2.24, 2.45) is 0 Å². The third-order valence-corrected chi connectivity index (χ3v) is 6.13. The van der Waals surface area contributed by atoms with E-state index in [0.29, 0.717) is 22.9 Å². The summed E-state index contributed by atoms with van der Waals surface area (Å²) in [4.78, 5) is 4.89. The number of aromatic amines is 1. The molecular weight excluding hydrogens is 390 g/mol. The van der Waals surface area contributed by atoms with Crippen molar-refractivity contribution in [1.29, 1.82) is 0 Å². The Balaban J connectivity index is 1.83. The van der Waals surface area contributed by atoms with Crippen molar-refractivity contribution >= 4 is 21.1 Å². The molecule has 2 N–H and O–H groups in total. The molecule has 152 valence electrons. The van der Waals surface area contributed by atoms with Crippen LogP contribution in [0.25, 0.3) is 34.1 Å². The lowest BCUT2D eigenvalue weighted by Gasteiger charge is -2.12. The molecule has 29 heavy (non-hydrogen) atoms. The van der Waals surface area contributed by atoms with Crippen molar-refractivity contribution in [3.05, 3.63) is 42.6 Å². The molecule has 0 unspecified atom stereocenters. The summed E-state index contributed by atoms with van der Waals surface area (Å²) < 4.78 is 35.7. The maximum atomic E-state index is 12.5. The van der Waals surface area contributed by atoms with Crippen LogP contribution in [0.1, 0.15) is 33.7 Å². The highest BCUT2D eigenvalue weighted by atomic mass is 32.2. The van der Waals surface area contributed by atoms with Gasteiger partial charge in [-0.2, -0.15) is 5.10 Å². The summed E-state index contributed by atoms with van der Waals surface area (Å²) >= 11 is 0. The summed E-state index contributed by atoms with van der Waals surface area (Å²) in [5, 5.41) is 6.82. The summed E-state index contributed by atoms with van der Waals surface area (Å²) in [5.74, 6) is 1.90. The van der Waals surface area contributed by atoms with Crippen molar-refractivity contribution in [2.75, 3.05) is 0 Å². The molecule has 0 fully saturated rings. The summed E-state index contributed by atoms with van der Waals surface area (Å²) in [6.07, 6.45) is 1.66. The zero-order valence-electron chi connectivity index (χ0n) is 16.7. The molecule has 3 heterocycles. The molecule has 0 amide bonds. The normalized spacial score (nSPS) is 12.5. The Labute approximate surface area is 169 Å². The van der Waals surface area contributed by atoms with Gasteiger partial charge in [0.25, 0.3) is 0 Å². The average molecular weight is 414 g/mol. The topological polar surface area (TPSA) is 106 Å². The first-order chi connectivity index (χ1) is 13.8. The highest BCUT2D eigenvalue weighted by Crippen LogP contribution is 2.32. The first-order valence-corrected chi connectivity index (χ1v) is 10.9. The van der Waals surface area contributed by atoms with Gasteiger partial charge in [-0.25, -0.2) is 18.1 Å². The van der Waals surface area contributed by atoms with Crippen molar-refractivity contribution in [3.8, 4) is 23.0 Å². The van der Waals surface area contributed by atoms with E-state index in [2.05, 4.69) is 14.9 Å². The molecule has 4 rings (SSSR count). The van der Waals surface area contributed by atoms with Crippen LogP contribution in [-0.2, 0) is 10.0 Å².